The minimum absolute atomic E-state index is 0.387. The Bertz CT molecular complexity index is 317. The normalized spacial score (nSPS) is 12.8. The summed E-state index contributed by atoms with van der Waals surface area (Å²) >= 11 is 11.7. The molecule has 0 aromatic heterocycles. The number of halogens is 2. The third-order valence-corrected chi connectivity index (χ3v) is 2.82. The van der Waals surface area contributed by atoms with Crippen molar-refractivity contribution in [1.29, 1.82) is 0 Å². The number of hydrogen-bond acceptors (Lipinski definition) is 2. The molecule has 0 amide bonds. The summed E-state index contributed by atoms with van der Waals surface area (Å²) in [5, 5.41) is 13.8. The maximum atomic E-state index is 9.66. The highest BCUT2D eigenvalue weighted by Gasteiger charge is 2.06. The van der Waals surface area contributed by atoms with Crippen molar-refractivity contribution in [1.82, 2.24) is 5.32 Å². The van der Waals surface area contributed by atoms with Crippen molar-refractivity contribution in [3.63, 3.8) is 0 Å². The van der Waals surface area contributed by atoms with E-state index in [0.29, 0.717) is 23.0 Å². The van der Waals surface area contributed by atoms with Crippen LogP contribution in [0.3, 0.4) is 0 Å². The minimum Gasteiger partial charge on any atom is -0.391 e. The number of aliphatic hydroxyl groups is 1. The number of likely N-dealkylation sites (N-methyl/N-ethyl adjacent to an activating group) is 1. The van der Waals surface area contributed by atoms with E-state index in [1.807, 2.05) is 13.0 Å². The first-order valence-electron chi connectivity index (χ1n) is 4.96. The Kier molecular flexibility index (Phi) is 5.40. The Morgan fingerprint density at radius 2 is 2.07 bits per heavy atom. The van der Waals surface area contributed by atoms with Crippen LogP contribution in [0, 0.1) is 0 Å². The van der Waals surface area contributed by atoms with Gasteiger partial charge in [0.2, 0.25) is 0 Å². The lowest BCUT2D eigenvalue weighted by Crippen LogP contribution is -2.28. The van der Waals surface area contributed by atoms with E-state index in [1.165, 1.54) is 0 Å². The van der Waals surface area contributed by atoms with Crippen LogP contribution >= 0.6 is 23.2 Å². The lowest BCUT2D eigenvalue weighted by molar-refractivity contribution is 0.173. The SMILES string of the molecule is CCNCC(O)Cc1ccc(Cl)c(Cl)c1. The molecule has 1 aromatic carbocycles. The molecule has 84 valence electrons. The quantitative estimate of drug-likeness (QED) is 0.839. The summed E-state index contributed by atoms with van der Waals surface area (Å²) in [4.78, 5) is 0. The Hall–Kier alpha value is -0.280. The van der Waals surface area contributed by atoms with Gasteiger partial charge in [0.25, 0.3) is 0 Å². The van der Waals surface area contributed by atoms with Gasteiger partial charge in [0.15, 0.2) is 0 Å². The molecule has 0 bridgehead atoms. The molecule has 0 fully saturated rings. The third kappa shape index (κ3) is 4.39. The molecule has 4 heteroatoms. The zero-order valence-corrected chi connectivity index (χ0v) is 10.1. The molecule has 15 heavy (non-hydrogen) atoms. The Morgan fingerprint density at radius 1 is 1.33 bits per heavy atom. The third-order valence-electron chi connectivity index (χ3n) is 2.09. The van der Waals surface area contributed by atoms with E-state index in [1.54, 1.807) is 12.1 Å². The molecule has 0 saturated carbocycles. The number of nitrogens with one attached hydrogen (secondary N) is 1. The van der Waals surface area contributed by atoms with Crippen molar-refractivity contribution in [3.05, 3.63) is 33.8 Å². The highest BCUT2D eigenvalue weighted by Crippen LogP contribution is 2.23. The van der Waals surface area contributed by atoms with E-state index in [2.05, 4.69) is 5.32 Å². The average Bonchev–Trinajstić information content (AvgIpc) is 2.20. The predicted molar refractivity (Wildman–Crippen MR) is 64.7 cm³/mol. The fourth-order valence-electron chi connectivity index (χ4n) is 1.32. The molecule has 0 heterocycles. The van der Waals surface area contributed by atoms with Gasteiger partial charge in [0.1, 0.15) is 0 Å². The van der Waals surface area contributed by atoms with Gasteiger partial charge in [0.05, 0.1) is 16.1 Å². The molecule has 1 rings (SSSR count). The highest BCUT2D eigenvalue weighted by atomic mass is 35.5. The van der Waals surface area contributed by atoms with Crippen LogP contribution in [0.25, 0.3) is 0 Å². The van der Waals surface area contributed by atoms with Crippen LogP contribution in [-0.4, -0.2) is 24.3 Å². The summed E-state index contributed by atoms with van der Waals surface area (Å²) in [6.07, 6.45) is 0.200. The molecule has 2 nitrogen and oxygen atoms in total. The van der Waals surface area contributed by atoms with Gasteiger partial charge in [-0.2, -0.15) is 0 Å². The first-order valence-corrected chi connectivity index (χ1v) is 5.71. The summed E-state index contributed by atoms with van der Waals surface area (Å²) in [6, 6.07) is 5.42. The topological polar surface area (TPSA) is 32.3 Å². The fraction of sp³-hybridized carbons (Fsp3) is 0.455. The van der Waals surface area contributed by atoms with E-state index >= 15 is 0 Å². The number of rotatable bonds is 5. The number of hydrogen-bond donors (Lipinski definition) is 2. The van der Waals surface area contributed by atoms with E-state index in [0.717, 1.165) is 12.1 Å². The molecule has 0 aliphatic rings. The van der Waals surface area contributed by atoms with Crippen molar-refractivity contribution in [2.45, 2.75) is 19.4 Å². The zero-order chi connectivity index (χ0) is 11.3. The van der Waals surface area contributed by atoms with E-state index in [-0.39, 0.29) is 6.10 Å². The van der Waals surface area contributed by atoms with Crippen molar-refractivity contribution in [2.24, 2.45) is 0 Å². The largest absolute Gasteiger partial charge is 0.391 e. The summed E-state index contributed by atoms with van der Waals surface area (Å²) in [5.41, 5.74) is 0.995. The molecule has 1 aromatic rings. The Morgan fingerprint density at radius 3 is 2.67 bits per heavy atom. The second-order valence-corrected chi connectivity index (χ2v) is 4.23. The van der Waals surface area contributed by atoms with Gasteiger partial charge in [-0.15, -0.1) is 0 Å². The number of aliphatic hydroxyl groups excluding tert-OH is 1. The van der Waals surface area contributed by atoms with Gasteiger partial charge < -0.3 is 10.4 Å². The zero-order valence-electron chi connectivity index (χ0n) is 8.63. The molecule has 1 atom stereocenters. The van der Waals surface area contributed by atoms with Crippen LogP contribution in [0.2, 0.25) is 10.0 Å². The smallest absolute Gasteiger partial charge is 0.0704 e. The van der Waals surface area contributed by atoms with Crippen LogP contribution in [0.15, 0.2) is 18.2 Å². The van der Waals surface area contributed by atoms with Gasteiger partial charge in [-0.05, 0) is 30.7 Å². The van der Waals surface area contributed by atoms with E-state index in [4.69, 9.17) is 23.2 Å². The van der Waals surface area contributed by atoms with E-state index in [9.17, 15) is 5.11 Å². The molecule has 2 N–H and O–H groups in total. The fourth-order valence-corrected chi connectivity index (χ4v) is 1.64. The average molecular weight is 248 g/mol. The van der Waals surface area contributed by atoms with Gasteiger partial charge in [-0.3, -0.25) is 0 Å². The lowest BCUT2D eigenvalue weighted by Gasteiger charge is -2.11. The second kappa shape index (κ2) is 6.33. The Balaban J connectivity index is 2.53. The predicted octanol–water partition coefficient (Wildman–Crippen LogP) is 2.51. The van der Waals surface area contributed by atoms with Crippen LogP contribution < -0.4 is 5.32 Å². The minimum atomic E-state index is -0.387. The summed E-state index contributed by atoms with van der Waals surface area (Å²) in [5.74, 6) is 0. The molecule has 0 aliphatic heterocycles. The molecular weight excluding hydrogens is 233 g/mol. The molecule has 1 unspecified atom stereocenters. The van der Waals surface area contributed by atoms with Crippen LogP contribution in [0.1, 0.15) is 12.5 Å². The van der Waals surface area contributed by atoms with Gasteiger partial charge >= 0.3 is 0 Å². The maximum Gasteiger partial charge on any atom is 0.0704 e. The van der Waals surface area contributed by atoms with Crippen molar-refractivity contribution in [2.75, 3.05) is 13.1 Å². The number of benzene rings is 1. The van der Waals surface area contributed by atoms with E-state index < -0.39 is 0 Å². The summed E-state index contributed by atoms with van der Waals surface area (Å²) in [6.45, 7) is 3.46. The van der Waals surface area contributed by atoms with Crippen molar-refractivity contribution >= 4 is 23.2 Å². The molecule has 0 radical (unpaired) electrons. The first kappa shape index (κ1) is 12.8. The molecule has 0 spiro atoms. The van der Waals surface area contributed by atoms with Crippen molar-refractivity contribution < 1.29 is 5.11 Å². The highest BCUT2D eigenvalue weighted by molar-refractivity contribution is 6.42. The standard InChI is InChI=1S/C11H15Cl2NO/c1-2-14-7-9(15)5-8-3-4-10(12)11(13)6-8/h3-4,6,9,14-15H,2,5,7H2,1H3. The lowest BCUT2D eigenvalue weighted by atomic mass is 10.1. The van der Waals surface area contributed by atoms with Gasteiger partial charge in [-0.1, -0.05) is 36.2 Å². The second-order valence-electron chi connectivity index (χ2n) is 3.41. The van der Waals surface area contributed by atoms with Crippen LogP contribution in [-0.2, 0) is 6.42 Å². The first-order chi connectivity index (χ1) is 7.13. The van der Waals surface area contributed by atoms with Gasteiger partial charge in [-0.25, -0.2) is 0 Å². The summed E-state index contributed by atoms with van der Waals surface area (Å²) < 4.78 is 0. The monoisotopic (exact) mass is 247 g/mol. The molecule has 0 saturated heterocycles. The molecule has 0 aliphatic carbocycles. The molecular formula is C11H15Cl2NO. The van der Waals surface area contributed by atoms with Crippen LogP contribution in [0.5, 0.6) is 0 Å². The Labute approximate surface area is 100 Å². The van der Waals surface area contributed by atoms with Gasteiger partial charge in [0, 0.05) is 6.54 Å². The van der Waals surface area contributed by atoms with Crippen molar-refractivity contribution in [3.8, 4) is 0 Å². The maximum absolute atomic E-state index is 9.66. The van der Waals surface area contributed by atoms with Crippen LogP contribution in [0.4, 0.5) is 0 Å². The summed E-state index contributed by atoms with van der Waals surface area (Å²) in [7, 11) is 0.